The molecule has 39 heavy (non-hydrogen) atoms. The molecule has 0 aliphatic carbocycles. The van der Waals surface area contributed by atoms with E-state index in [2.05, 4.69) is 4.90 Å². The van der Waals surface area contributed by atoms with Gasteiger partial charge in [0.15, 0.2) is 6.61 Å². The average Bonchev–Trinajstić information content (AvgIpc) is 2.86. The summed E-state index contributed by atoms with van der Waals surface area (Å²) in [7, 11) is 2.08. The number of carbonyl (C=O) groups is 2. The first-order valence-corrected chi connectivity index (χ1v) is 14.9. The fraction of sp³-hybridized carbons (Fsp3) is 0.704. The van der Waals surface area contributed by atoms with Crippen LogP contribution in [0.2, 0.25) is 0 Å². The summed E-state index contributed by atoms with van der Waals surface area (Å²) in [6, 6.07) is 3.48. The Balaban J connectivity index is 1.52. The molecule has 220 valence electrons. The first kappa shape index (κ1) is 31.7. The van der Waals surface area contributed by atoms with Crippen LogP contribution >= 0.6 is 7.67 Å². The number of hydrogen-bond acceptors (Lipinski definition) is 9. The summed E-state index contributed by atoms with van der Waals surface area (Å²) >= 11 is 0. The van der Waals surface area contributed by atoms with Crippen molar-refractivity contribution in [2.45, 2.75) is 59.0 Å². The van der Waals surface area contributed by atoms with Gasteiger partial charge in [-0.25, -0.2) is 18.9 Å². The van der Waals surface area contributed by atoms with Crippen LogP contribution in [0.1, 0.15) is 40.9 Å². The number of carbonyl (C=O) groups excluding carboxylic acids is 2. The zero-order valence-electron chi connectivity index (χ0n) is 24.5. The Bertz CT molecular complexity index is 1030. The molecule has 0 radical (unpaired) electrons. The Labute approximate surface area is 232 Å². The van der Waals surface area contributed by atoms with Gasteiger partial charge in [-0.15, -0.1) is 0 Å². The van der Waals surface area contributed by atoms with Gasteiger partial charge in [0.1, 0.15) is 12.7 Å². The third-order valence-corrected chi connectivity index (χ3v) is 9.56. The highest BCUT2D eigenvalue weighted by molar-refractivity contribution is 7.53. The van der Waals surface area contributed by atoms with Gasteiger partial charge in [0.2, 0.25) is 0 Å². The van der Waals surface area contributed by atoms with Crippen LogP contribution in [0.15, 0.2) is 12.1 Å². The van der Waals surface area contributed by atoms with Gasteiger partial charge in [0, 0.05) is 26.2 Å². The van der Waals surface area contributed by atoms with Gasteiger partial charge >= 0.3 is 19.6 Å². The molecule has 12 heteroatoms. The highest BCUT2D eigenvalue weighted by Gasteiger charge is 2.41. The van der Waals surface area contributed by atoms with Crippen molar-refractivity contribution >= 4 is 19.6 Å². The monoisotopic (exact) mass is 569 g/mol. The molecular formula is C27H44N3O8P. The fourth-order valence-corrected chi connectivity index (χ4v) is 6.99. The lowest BCUT2D eigenvalue weighted by Crippen LogP contribution is -2.49. The lowest BCUT2D eigenvalue weighted by Gasteiger charge is -2.42. The van der Waals surface area contributed by atoms with Crippen LogP contribution in [0, 0.1) is 20.8 Å². The van der Waals surface area contributed by atoms with E-state index in [1.165, 1.54) is 0 Å². The van der Waals surface area contributed by atoms with Crippen molar-refractivity contribution in [2.24, 2.45) is 0 Å². The van der Waals surface area contributed by atoms with E-state index in [9.17, 15) is 14.2 Å². The van der Waals surface area contributed by atoms with Crippen molar-refractivity contribution in [1.82, 2.24) is 14.2 Å². The van der Waals surface area contributed by atoms with Crippen LogP contribution in [0.25, 0.3) is 0 Å². The molecule has 2 aliphatic heterocycles. The quantitative estimate of drug-likeness (QED) is 0.307. The minimum Gasteiger partial charge on any atom is -0.460 e. The van der Waals surface area contributed by atoms with Crippen molar-refractivity contribution in [1.29, 1.82) is 0 Å². The Morgan fingerprint density at radius 2 is 1.54 bits per heavy atom. The molecular weight excluding hydrogens is 525 g/mol. The van der Waals surface area contributed by atoms with E-state index in [0.29, 0.717) is 18.7 Å². The molecule has 0 bridgehead atoms. The lowest BCUT2D eigenvalue weighted by molar-refractivity contribution is -0.156. The average molecular weight is 570 g/mol. The normalized spacial score (nSPS) is 26.3. The van der Waals surface area contributed by atoms with Gasteiger partial charge < -0.3 is 28.4 Å². The largest absolute Gasteiger partial charge is 0.460 e. The number of aryl methyl sites for hydroxylation is 2. The van der Waals surface area contributed by atoms with Crippen LogP contribution in [0.3, 0.4) is 0 Å². The van der Waals surface area contributed by atoms with Crippen molar-refractivity contribution in [3.05, 3.63) is 34.4 Å². The highest BCUT2D eigenvalue weighted by Crippen LogP contribution is 2.53. The number of hydrogen-bond donors (Lipinski definition) is 0. The van der Waals surface area contributed by atoms with E-state index in [4.69, 9.17) is 23.5 Å². The molecule has 2 aliphatic rings. The number of benzene rings is 1. The topological polar surface area (TPSA) is 107 Å². The SMILES string of the molecule is Cc1cc(C(=O)OCC(=O)OCC2CN(P(=O)(OCC3CN(C)CC(C)O3)N(C)C)CC(C)O2)cc(C)c1C. The minimum atomic E-state index is -3.39. The molecule has 0 saturated carbocycles. The number of esters is 2. The first-order valence-electron chi connectivity index (χ1n) is 13.4. The lowest BCUT2D eigenvalue weighted by atomic mass is 10.0. The Morgan fingerprint density at radius 1 is 0.949 bits per heavy atom. The van der Waals surface area contributed by atoms with Crippen molar-refractivity contribution < 1.29 is 37.6 Å². The van der Waals surface area contributed by atoms with Crippen molar-refractivity contribution in [2.75, 3.05) is 67.1 Å². The molecule has 5 atom stereocenters. The number of morpholine rings is 2. The van der Waals surface area contributed by atoms with Gasteiger partial charge in [-0.3, -0.25) is 4.57 Å². The Hall–Kier alpha value is -1.85. The van der Waals surface area contributed by atoms with Gasteiger partial charge in [0.25, 0.3) is 0 Å². The van der Waals surface area contributed by atoms with Gasteiger partial charge in [-0.2, -0.15) is 0 Å². The molecule has 1 aromatic rings. The van der Waals surface area contributed by atoms with Gasteiger partial charge in [-0.1, -0.05) is 0 Å². The van der Waals surface area contributed by atoms with Crippen molar-refractivity contribution in [3.63, 3.8) is 0 Å². The third-order valence-electron chi connectivity index (χ3n) is 7.02. The van der Waals surface area contributed by atoms with Crippen LogP contribution in [-0.4, -0.2) is 118 Å². The smallest absolute Gasteiger partial charge is 0.345 e. The summed E-state index contributed by atoms with van der Waals surface area (Å²) < 4.78 is 45.9. The molecule has 5 unspecified atom stereocenters. The third kappa shape index (κ3) is 8.57. The molecule has 1 aromatic carbocycles. The maximum absolute atomic E-state index is 14.0. The minimum absolute atomic E-state index is 0.0680. The predicted octanol–water partition coefficient (Wildman–Crippen LogP) is 2.81. The molecule has 3 rings (SSSR count). The van der Waals surface area contributed by atoms with E-state index in [0.717, 1.165) is 23.2 Å². The molecule has 2 saturated heterocycles. The second kappa shape index (κ2) is 13.7. The molecule has 2 heterocycles. The standard InChI is InChI=1S/C27H44N3O8P/c1-18-9-23(10-19(2)22(18)5)27(32)35-17-26(31)34-15-25-14-30(12-21(4)38-25)39(33,28(6)7)36-16-24-13-29(8)11-20(3)37-24/h9-10,20-21,24-25H,11-17H2,1-8H3. The molecule has 2 fully saturated rings. The summed E-state index contributed by atoms with van der Waals surface area (Å²) in [4.78, 5) is 26.9. The number of rotatable bonds is 10. The summed E-state index contributed by atoms with van der Waals surface area (Å²) in [6.45, 7) is 11.5. The molecule has 11 nitrogen and oxygen atoms in total. The van der Waals surface area contributed by atoms with E-state index in [1.807, 2.05) is 41.7 Å². The van der Waals surface area contributed by atoms with E-state index >= 15 is 0 Å². The molecule has 0 aromatic heterocycles. The summed E-state index contributed by atoms with van der Waals surface area (Å²) in [5, 5.41) is 0. The Kier molecular flexibility index (Phi) is 11.1. The molecule has 0 spiro atoms. The zero-order valence-corrected chi connectivity index (χ0v) is 25.4. The summed E-state index contributed by atoms with van der Waals surface area (Å²) in [6.07, 6.45) is -0.896. The number of ether oxygens (including phenoxy) is 4. The second-order valence-corrected chi connectivity index (χ2v) is 13.5. The first-order chi connectivity index (χ1) is 18.3. The second-order valence-electron chi connectivity index (χ2n) is 10.9. The number of likely N-dealkylation sites (N-methyl/N-ethyl adjacent to an activating group) is 1. The Morgan fingerprint density at radius 3 is 2.13 bits per heavy atom. The van der Waals surface area contributed by atoms with Crippen LogP contribution in [0.5, 0.6) is 0 Å². The van der Waals surface area contributed by atoms with E-state index < -0.39 is 32.3 Å². The van der Waals surface area contributed by atoms with Gasteiger partial charge in [0.05, 0.1) is 30.5 Å². The summed E-state index contributed by atoms with van der Waals surface area (Å²) in [5.41, 5.74) is 3.45. The van der Waals surface area contributed by atoms with Crippen LogP contribution in [-0.2, 0) is 32.8 Å². The fourth-order valence-electron chi connectivity index (χ4n) is 4.91. The van der Waals surface area contributed by atoms with E-state index in [1.54, 1.807) is 35.6 Å². The molecule has 0 amide bonds. The molecule has 0 N–H and O–H groups in total. The summed E-state index contributed by atoms with van der Waals surface area (Å²) in [5.74, 6) is -1.27. The predicted molar refractivity (Wildman–Crippen MR) is 147 cm³/mol. The van der Waals surface area contributed by atoms with Gasteiger partial charge in [-0.05, 0) is 84.6 Å². The van der Waals surface area contributed by atoms with Crippen LogP contribution < -0.4 is 0 Å². The van der Waals surface area contributed by atoms with Crippen molar-refractivity contribution in [3.8, 4) is 0 Å². The maximum atomic E-state index is 14.0. The van der Waals surface area contributed by atoms with Crippen LogP contribution in [0.4, 0.5) is 0 Å². The maximum Gasteiger partial charge on any atom is 0.345 e. The highest BCUT2D eigenvalue weighted by atomic mass is 31.2. The van der Waals surface area contributed by atoms with E-state index in [-0.39, 0.29) is 38.1 Å². The number of nitrogens with zero attached hydrogens (tertiary/aromatic N) is 3. The zero-order chi connectivity index (χ0) is 28.9.